The van der Waals surface area contributed by atoms with Gasteiger partial charge in [0.2, 0.25) is 0 Å². The van der Waals surface area contributed by atoms with E-state index in [2.05, 4.69) is 42.8 Å². The molecule has 0 atom stereocenters. The van der Waals surface area contributed by atoms with Crippen LogP contribution in [-0.2, 0) is 6.42 Å². The van der Waals surface area contributed by atoms with E-state index in [1.54, 1.807) is 0 Å². The number of hydrogen-bond acceptors (Lipinski definition) is 2. The summed E-state index contributed by atoms with van der Waals surface area (Å²) in [5, 5.41) is 0. The van der Waals surface area contributed by atoms with Crippen molar-refractivity contribution in [3.8, 4) is 0 Å². The number of rotatable bonds is 14. The highest BCUT2D eigenvalue weighted by molar-refractivity contribution is 7.97. The standard InChI is InChI=1S/C24H39NS/c1-3-5-7-9-11-13-15-21-17-18-22-20-23(25-26-24(22)19-21)16-14-12-10-8-6-4-2/h17-20,25H,3-16H2,1-2H3. The largest absolute Gasteiger partial charge is 0.329 e. The van der Waals surface area contributed by atoms with Gasteiger partial charge >= 0.3 is 0 Å². The average Bonchev–Trinajstić information content (AvgIpc) is 2.67. The summed E-state index contributed by atoms with van der Waals surface area (Å²) in [5.74, 6) is 0. The Bertz CT molecular complexity index is 535. The van der Waals surface area contributed by atoms with Crippen LogP contribution in [0.15, 0.2) is 28.8 Å². The Kier molecular flexibility index (Phi) is 11.0. The zero-order chi connectivity index (χ0) is 18.5. The van der Waals surface area contributed by atoms with Gasteiger partial charge < -0.3 is 4.72 Å². The molecular formula is C24H39NS. The summed E-state index contributed by atoms with van der Waals surface area (Å²) >= 11 is 1.81. The Morgan fingerprint density at radius 2 is 1.35 bits per heavy atom. The molecule has 1 aromatic rings. The molecule has 0 saturated carbocycles. The molecule has 1 aromatic carbocycles. The minimum atomic E-state index is 1.19. The van der Waals surface area contributed by atoms with Gasteiger partial charge in [0.15, 0.2) is 0 Å². The monoisotopic (exact) mass is 373 g/mol. The molecule has 1 aliphatic rings. The van der Waals surface area contributed by atoms with Gasteiger partial charge in [-0.3, -0.25) is 0 Å². The normalized spacial score (nSPS) is 13.2. The topological polar surface area (TPSA) is 12.0 Å². The van der Waals surface area contributed by atoms with Crippen molar-refractivity contribution >= 4 is 18.0 Å². The average molecular weight is 374 g/mol. The van der Waals surface area contributed by atoms with E-state index in [9.17, 15) is 0 Å². The summed E-state index contributed by atoms with van der Waals surface area (Å²) in [4.78, 5) is 1.40. The molecule has 1 N–H and O–H groups in total. The maximum atomic E-state index is 3.57. The summed E-state index contributed by atoms with van der Waals surface area (Å²) in [5.41, 5.74) is 4.31. The Balaban J connectivity index is 1.71. The molecule has 2 rings (SSSR count). The van der Waals surface area contributed by atoms with E-state index in [1.807, 2.05) is 11.9 Å². The van der Waals surface area contributed by atoms with Crippen molar-refractivity contribution in [3.05, 3.63) is 35.0 Å². The molecule has 1 nitrogen and oxygen atoms in total. The summed E-state index contributed by atoms with van der Waals surface area (Å²) in [6, 6.07) is 7.07. The molecule has 1 heterocycles. The van der Waals surface area contributed by atoms with Crippen LogP contribution in [0.5, 0.6) is 0 Å². The van der Waals surface area contributed by atoms with Crippen LogP contribution >= 0.6 is 11.9 Å². The summed E-state index contributed by atoms with van der Waals surface area (Å²) in [6.07, 6.45) is 21.3. The summed E-state index contributed by atoms with van der Waals surface area (Å²) in [7, 11) is 0. The predicted octanol–water partition coefficient (Wildman–Crippen LogP) is 8.29. The molecule has 1 aliphatic heterocycles. The zero-order valence-corrected chi connectivity index (χ0v) is 17.9. The van der Waals surface area contributed by atoms with Crippen molar-refractivity contribution < 1.29 is 0 Å². The van der Waals surface area contributed by atoms with Gasteiger partial charge in [0.1, 0.15) is 0 Å². The van der Waals surface area contributed by atoms with E-state index in [0.717, 1.165) is 0 Å². The fraction of sp³-hybridized carbons (Fsp3) is 0.667. The number of allylic oxidation sites excluding steroid dienone is 1. The zero-order valence-electron chi connectivity index (χ0n) is 17.1. The molecule has 146 valence electrons. The SMILES string of the molecule is CCCCCCCCC1=Cc2ccc(CCCCCCCC)cc2SN1. The lowest BCUT2D eigenvalue weighted by Gasteiger charge is -2.18. The lowest BCUT2D eigenvalue weighted by atomic mass is 10.0. The van der Waals surface area contributed by atoms with Gasteiger partial charge in [-0.2, -0.15) is 0 Å². The summed E-state index contributed by atoms with van der Waals surface area (Å²) < 4.78 is 3.57. The Labute approximate surface area is 166 Å². The minimum Gasteiger partial charge on any atom is -0.329 e. The maximum Gasteiger partial charge on any atom is 0.0360 e. The van der Waals surface area contributed by atoms with Crippen molar-refractivity contribution in [1.82, 2.24) is 4.72 Å². The highest BCUT2D eigenvalue weighted by Gasteiger charge is 2.11. The molecule has 0 aliphatic carbocycles. The highest BCUT2D eigenvalue weighted by atomic mass is 32.2. The quantitative estimate of drug-likeness (QED) is 0.260. The van der Waals surface area contributed by atoms with E-state index in [1.165, 1.54) is 112 Å². The fourth-order valence-electron chi connectivity index (χ4n) is 3.61. The Morgan fingerprint density at radius 1 is 0.731 bits per heavy atom. The third-order valence-electron chi connectivity index (χ3n) is 5.32. The van der Waals surface area contributed by atoms with Crippen molar-refractivity contribution in [1.29, 1.82) is 0 Å². The van der Waals surface area contributed by atoms with Gasteiger partial charge in [0.25, 0.3) is 0 Å². The molecular weight excluding hydrogens is 334 g/mol. The lowest BCUT2D eigenvalue weighted by molar-refractivity contribution is 0.604. The molecule has 2 heteroatoms. The Morgan fingerprint density at radius 3 is 2.04 bits per heavy atom. The van der Waals surface area contributed by atoms with Crippen LogP contribution in [0.4, 0.5) is 0 Å². The van der Waals surface area contributed by atoms with Crippen molar-refractivity contribution in [3.63, 3.8) is 0 Å². The van der Waals surface area contributed by atoms with E-state index in [-0.39, 0.29) is 0 Å². The molecule has 0 amide bonds. The van der Waals surface area contributed by atoms with Crippen LogP contribution in [0, 0.1) is 0 Å². The molecule has 0 radical (unpaired) electrons. The summed E-state index contributed by atoms with van der Waals surface area (Å²) in [6.45, 7) is 4.57. The van der Waals surface area contributed by atoms with Gasteiger partial charge in [-0.1, -0.05) is 90.2 Å². The third-order valence-corrected chi connectivity index (χ3v) is 6.26. The van der Waals surface area contributed by atoms with Crippen LogP contribution in [0.3, 0.4) is 0 Å². The van der Waals surface area contributed by atoms with Gasteiger partial charge in [-0.15, -0.1) is 0 Å². The van der Waals surface area contributed by atoms with Crippen molar-refractivity contribution in [2.45, 2.75) is 109 Å². The van der Waals surface area contributed by atoms with Gasteiger partial charge in [-0.25, -0.2) is 0 Å². The first-order chi connectivity index (χ1) is 12.8. The molecule has 0 spiro atoms. The van der Waals surface area contributed by atoms with Crippen LogP contribution in [0.1, 0.15) is 108 Å². The smallest absolute Gasteiger partial charge is 0.0360 e. The second-order valence-electron chi connectivity index (χ2n) is 7.78. The number of nitrogens with one attached hydrogen (secondary N) is 1. The first-order valence-electron chi connectivity index (χ1n) is 11.1. The first kappa shape index (κ1) is 21.4. The molecule has 0 aromatic heterocycles. The van der Waals surface area contributed by atoms with Crippen LogP contribution in [-0.4, -0.2) is 0 Å². The lowest BCUT2D eigenvalue weighted by Crippen LogP contribution is -2.08. The predicted molar refractivity (Wildman–Crippen MR) is 118 cm³/mol. The van der Waals surface area contributed by atoms with Gasteiger partial charge in [0.05, 0.1) is 0 Å². The van der Waals surface area contributed by atoms with E-state index < -0.39 is 0 Å². The fourth-order valence-corrected chi connectivity index (χ4v) is 4.47. The van der Waals surface area contributed by atoms with Crippen molar-refractivity contribution in [2.75, 3.05) is 0 Å². The minimum absolute atomic E-state index is 1.19. The second kappa shape index (κ2) is 13.3. The number of aryl methyl sites for hydroxylation is 1. The van der Waals surface area contributed by atoms with E-state index in [4.69, 9.17) is 0 Å². The molecule has 0 fully saturated rings. The maximum absolute atomic E-state index is 3.57. The Hall–Kier alpha value is -0.890. The van der Waals surface area contributed by atoms with E-state index in [0.29, 0.717) is 0 Å². The van der Waals surface area contributed by atoms with Crippen molar-refractivity contribution in [2.24, 2.45) is 0 Å². The molecule has 0 saturated heterocycles. The third kappa shape index (κ3) is 8.20. The second-order valence-corrected chi connectivity index (χ2v) is 8.63. The van der Waals surface area contributed by atoms with Crippen LogP contribution in [0.25, 0.3) is 6.08 Å². The van der Waals surface area contributed by atoms with Crippen LogP contribution < -0.4 is 4.72 Å². The number of unbranched alkanes of at least 4 members (excludes halogenated alkanes) is 10. The number of benzene rings is 1. The molecule has 0 unspecified atom stereocenters. The first-order valence-corrected chi connectivity index (χ1v) is 11.9. The molecule has 0 bridgehead atoms. The van der Waals surface area contributed by atoms with Crippen LogP contribution in [0.2, 0.25) is 0 Å². The van der Waals surface area contributed by atoms with Gasteiger partial charge in [-0.05, 0) is 60.9 Å². The van der Waals surface area contributed by atoms with E-state index >= 15 is 0 Å². The highest BCUT2D eigenvalue weighted by Crippen LogP contribution is 2.31. The number of fused-ring (bicyclic) bond motifs is 1. The number of hydrogen-bond donors (Lipinski definition) is 1. The molecule has 26 heavy (non-hydrogen) atoms. The van der Waals surface area contributed by atoms with Gasteiger partial charge in [0, 0.05) is 10.6 Å².